The SMILES string of the molecule is COc1ccc(CNC(=O)[C@H](C)[NH+]2CCC(C)CC2)cc1. The van der Waals surface area contributed by atoms with Crippen molar-refractivity contribution in [2.24, 2.45) is 5.92 Å². The molecule has 1 aromatic carbocycles. The van der Waals surface area contributed by atoms with Gasteiger partial charge in [-0.1, -0.05) is 19.1 Å². The highest BCUT2D eigenvalue weighted by atomic mass is 16.5. The Morgan fingerprint density at radius 3 is 2.52 bits per heavy atom. The molecule has 1 aliphatic rings. The van der Waals surface area contributed by atoms with E-state index in [2.05, 4.69) is 12.2 Å². The zero-order valence-electron chi connectivity index (χ0n) is 13.3. The molecule has 1 atom stereocenters. The molecule has 0 aliphatic carbocycles. The molecular formula is C17H27N2O2+. The van der Waals surface area contributed by atoms with E-state index in [1.807, 2.05) is 31.2 Å². The van der Waals surface area contributed by atoms with Gasteiger partial charge in [0.15, 0.2) is 6.04 Å². The second-order valence-corrected chi connectivity index (χ2v) is 6.13. The molecule has 1 fully saturated rings. The monoisotopic (exact) mass is 291 g/mol. The maximum Gasteiger partial charge on any atom is 0.278 e. The topological polar surface area (TPSA) is 42.8 Å². The molecule has 1 aromatic rings. The Morgan fingerprint density at radius 1 is 1.33 bits per heavy atom. The van der Waals surface area contributed by atoms with E-state index in [4.69, 9.17) is 4.74 Å². The molecule has 0 radical (unpaired) electrons. The smallest absolute Gasteiger partial charge is 0.278 e. The molecule has 0 bridgehead atoms. The highest BCUT2D eigenvalue weighted by Gasteiger charge is 2.28. The fraction of sp³-hybridized carbons (Fsp3) is 0.588. The van der Waals surface area contributed by atoms with E-state index in [0.29, 0.717) is 6.54 Å². The predicted molar refractivity (Wildman–Crippen MR) is 83.4 cm³/mol. The number of amides is 1. The molecule has 4 nitrogen and oxygen atoms in total. The molecule has 0 aromatic heterocycles. The minimum atomic E-state index is 0.0377. The number of quaternary nitrogens is 1. The maximum absolute atomic E-state index is 12.3. The van der Waals surface area contributed by atoms with Crippen LogP contribution < -0.4 is 15.0 Å². The number of benzene rings is 1. The largest absolute Gasteiger partial charge is 0.497 e. The number of ether oxygens (including phenoxy) is 1. The average molecular weight is 291 g/mol. The first kappa shape index (κ1) is 15.8. The van der Waals surface area contributed by atoms with Crippen LogP contribution in [0.4, 0.5) is 0 Å². The third kappa shape index (κ3) is 4.46. The van der Waals surface area contributed by atoms with Crippen molar-refractivity contribution in [2.75, 3.05) is 20.2 Å². The lowest BCUT2D eigenvalue weighted by Gasteiger charge is -2.31. The van der Waals surface area contributed by atoms with Gasteiger partial charge in [0.1, 0.15) is 5.75 Å². The van der Waals surface area contributed by atoms with E-state index in [1.165, 1.54) is 17.7 Å². The van der Waals surface area contributed by atoms with Gasteiger partial charge < -0.3 is 15.0 Å². The molecule has 21 heavy (non-hydrogen) atoms. The van der Waals surface area contributed by atoms with Crippen molar-refractivity contribution < 1.29 is 14.4 Å². The van der Waals surface area contributed by atoms with Crippen LogP contribution in [0.25, 0.3) is 0 Å². The molecule has 2 N–H and O–H groups in total. The highest BCUT2D eigenvalue weighted by molar-refractivity contribution is 5.79. The summed E-state index contributed by atoms with van der Waals surface area (Å²) in [7, 11) is 1.65. The van der Waals surface area contributed by atoms with Crippen molar-refractivity contribution in [1.29, 1.82) is 0 Å². The molecule has 1 aliphatic heterocycles. The van der Waals surface area contributed by atoms with E-state index in [1.54, 1.807) is 7.11 Å². The number of rotatable bonds is 5. The van der Waals surface area contributed by atoms with Crippen LogP contribution >= 0.6 is 0 Å². The van der Waals surface area contributed by atoms with Crippen LogP contribution in [-0.4, -0.2) is 32.1 Å². The van der Waals surface area contributed by atoms with Crippen molar-refractivity contribution in [3.05, 3.63) is 29.8 Å². The predicted octanol–water partition coefficient (Wildman–Crippen LogP) is 1.01. The summed E-state index contributed by atoms with van der Waals surface area (Å²) in [4.78, 5) is 13.7. The number of carbonyl (C=O) groups is 1. The molecule has 2 rings (SSSR count). The van der Waals surface area contributed by atoms with Gasteiger partial charge in [0.2, 0.25) is 0 Å². The van der Waals surface area contributed by atoms with Gasteiger partial charge in [-0.15, -0.1) is 0 Å². The fourth-order valence-corrected chi connectivity index (χ4v) is 2.84. The molecule has 0 spiro atoms. The molecular weight excluding hydrogens is 264 g/mol. The van der Waals surface area contributed by atoms with Gasteiger partial charge in [0.25, 0.3) is 5.91 Å². The molecule has 4 heteroatoms. The summed E-state index contributed by atoms with van der Waals surface area (Å²) in [6.07, 6.45) is 2.46. The van der Waals surface area contributed by atoms with Gasteiger partial charge in [0.05, 0.1) is 20.2 Å². The van der Waals surface area contributed by atoms with Crippen LogP contribution in [0.5, 0.6) is 5.75 Å². The number of nitrogens with one attached hydrogen (secondary N) is 2. The van der Waals surface area contributed by atoms with E-state index >= 15 is 0 Å². The van der Waals surface area contributed by atoms with Crippen molar-refractivity contribution in [2.45, 2.75) is 39.3 Å². The second-order valence-electron chi connectivity index (χ2n) is 6.13. The lowest BCUT2D eigenvalue weighted by molar-refractivity contribution is -0.920. The van der Waals surface area contributed by atoms with Crippen LogP contribution in [0.15, 0.2) is 24.3 Å². The number of methoxy groups -OCH3 is 1. The maximum atomic E-state index is 12.3. The summed E-state index contributed by atoms with van der Waals surface area (Å²) in [6.45, 7) is 7.13. The van der Waals surface area contributed by atoms with Crippen LogP contribution in [-0.2, 0) is 11.3 Å². The van der Waals surface area contributed by atoms with Crippen molar-refractivity contribution in [3.8, 4) is 5.75 Å². The van der Waals surface area contributed by atoms with Crippen molar-refractivity contribution >= 4 is 5.91 Å². The Hall–Kier alpha value is -1.55. The van der Waals surface area contributed by atoms with E-state index in [0.717, 1.165) is 30.3 Å². The molecule has 0 saturated carbocycles. The standard InChI is InChI=1S/C17H26N2O2/c1-13-8-10-19(11-9-13)14(2)17(20)18-12-15-4-6-16(21-3)7-5-15/h4-7,13-14H,8-12H2,1-3H3,(H,18,20)/p+1/t14-/m0/s1. The Balaban J connectivity index is 1.80. The summed E-state index contributed by atoms with van der Waals surface area (Å²) in [6, 6.07) is 7.85. The average Bonchev–Trinajstić information content (AvgIpc) is 2.53. The quantitative estimate of drug-likeness (QED) is 0.850. The number of likely N-dealkylation sites (tertiary alicyclic amines) is 1. The van der Waals surface area contributed by atoms with Gasteiger partial charge in [-0.25, -0.2) is 0 Å². The third-order valence-corrected chi connectivity index (χ3v) is 4.55. The number of hydrogen-bond donors (Lipinski definition) is 2. The van der Waals surface area contributed by atoms with Gasteiger partial charge >= 0.3 is 0 Å². The van der Waals surface area contributed by atoms with Gasteiger partial charge in [0, 0.05) is 6.54 Å². The zero-order valence-corrected chi connectivity index (χ0v) is 13.3. The fourth-order valence-electron chi connectivity index (χ4n) is 2.84. The molecule has 1 saturated heterocycles. The summed E-state index contributed by atoms with van der Waals surface area (Å²) in [5.74, 6) is 1.80. The lowest BCUT2D eigenvalue weighted by Crippen LogP contribution is -3.17. The lowest BCUT2D eigenvalue weighted by atomic mass is 9.98. The second kappa shape index (κ2) is 7.46. The summed E-state index contributed by atoms with van der Waals surface area (Å²) < 4.78 is 5.13. The number of hydrogen-bond acceptors (Lipinski definition) is 2. The Kier molecular flexibility index (Phi) is 5.62. The first-order valence-electron chi connectivity index (χ1n) is 7.85. The minimum Gasteiger partial charge on any atom is -0.497 e. The molecule has 116 valence electrons. The van der Waals surface area contributed by atoms with Crippen molar-refractivity contribution in [1.82, 2.24) is 5.32 Å². The van der Waals surface area contributed by atoms with Crippen LogP contribution in [0.3, 0.4) is 0 Å². The highest BCUT2D eigenvalue weighted by Crippen LogP contribution is 2.11. The van der Waals surface area contributed by atoms with E-state index in [9.17, 15) is 4.79 Å². The summed E-state index contributed by atoms with van der Waals surface area (Å²) in [5, 5.41) is 3.04. The van der Waals surface area contributed by atoms with Crippen LogP contribution in [0.1, 0.15) is 32.3 Å². The normalized spacial score (nSPS) is 23.4. The summed E-state index contributed by atoms with van der Waals surface area (Å²) >= 11 is 0. The first-order valence-corrected chi connectivity index (χ1v) is 7.85. The van der Waals surface area contributed by atoms with E-state index < -0.39 is 0 Å². The van der Waals surface area contributed by atoms with E-state index in [-0.39, 0.29) is 11.9 Å². The molecule has 1 amide bonds. The summed E-state index contributed by atoms with van der Waals surface area (Å²) in [5.41, 5.74) is 1.10. The van der Waals surface area contributed by atoms with Crippen LogP contribution in [0.2, 0.25) is 0 Å². The Morgan fingerprint density at radius 2 is 1.95 bits per heavy atom. The molecule has 0 unspecified atom stereocenters. The molecule has 1 heterocycles. The zero-order chi connectivity index (χ0) is 15.2. The van der Waals surface area contributed by atoms with Gasteiger partial charge in [-0.2, -0.15) is 0 Å². The van der Waals surface area contributed by atoms with Crippen LogP contribution in [0, 0.1) is 5.92 Å². The van der Waals surface area contributed by atoms with Gasteiger partial charge in [-0.05, 0) is 43.4 Å². The first-order chi connectivity index (χ1) is 10.1. The van der Waals surface area contributed by atoms with Gasteiger partial charge in [-0.3, -0.25) is 4.79 Å². The number of carbonyl (C=O) groups excluding carboxylic acids is 1. The Bertz CT molecular complexity index is 450. The Labute approximate surface area is 127 Å². The number of piperidine rings is 1. The minimum absolute atomic E-state index is 0.0377. The van der Waals surface area contributed by atoms with Crippen molar-refractivity contribution in [3.63, 3.8) is 0 Å². The third-order valence-electron chi connectivity index (χ3n) is 4.55.